The Kier molecular flexibility index (Phi) is 7.68. The van der Waals surface area contributed by atoms with Crippen molar-refractivity contribution in [2.24, 2.45) is 5.41 Å². The summed E-state index contributed by atoms with van der Waals surface area (Å²) in [4.78, 5) is 16.7. The molecule has 0 atom stereocenters. The van der Waals surface area contributed by atoms with E-state index in [1.54, 1.807) is 50.6 Å². The largest absolute Gasteiger partial charge is 0.496 e. The first kappa shape index (κ1) is 23.8. The van der Waals surface area contributed by atoms with Crippen molar-refractivity contribution in [1.29, 1.82) is 5.26 Å². The normalized spacial score (nSPS) is 10.9. The predicted molar refractivity (Wildman–Crippen MR) is 126 cm³/mol. The summed E-state index contributed by atoms with van der Waals surface area (Å²) in [7, 11) is 1.66. The Morgan fingerprint density at radius 2 is 1.88 bits per heavy atom. The number of pyridine rings is 1. The third kappa shape index (κ3) is 5.89. The Balaban J connectivity index is 1.80. The van der Waals surface area contributed by atoms with Crippen LogP contribution in [-0.2, 0) is 11.2 Å². The predicted octanol–water partition coefficient (Wildman–Crippen LogP) is 5.45. The molecule has 0 fully saturated rings. The number of nitrogens with zero attached hydrogens (tertiary/aromatic N) is 2. The van der Waals surface area contributed by atoms with E-state index in [9.17, 15) is 10.1 Å². The Labute approximate surface area is 194 Å². The average Bonchev–Trinajstić information content (AvgIpc) is 2.83. The molecule has 0 amide bonds. The van der Waals surface area contributed by atoms with Crippen molar-refractivity contribution in [3.8, 4) is 28.8 Å². The minimum Gasteiger partial charge on any atom is -0.496 e. The van der Waals surface area contributed by atoms with Crippen LogP contribution in [0.3, 0.4) is 0 Å². The van der Waals surface area contributed by atoms with E-state index in [-0.39, 0.29) is 12.0 Å². The first-order valence-electron chi connectivity index (χ1n) is 10.8. The fourth-order valence-corrected chi connectivity index (χ4v) is 3.59. The number of para-hydroxylation sites is 1. The SMILES string of the molecule is CCOC(=O)c1cccnc1-c1ccc(OCC(C)(C)Cc2ccccc2OC)c(C#N)c1. The number of aromatic nitrogens is 1. The second-order valence-corrected chi connectivity index (χ2v) is 8.38. The number of rotatable bonds is 9. The van der Waals surface area contributed by atoms with E-state index in [0.29, 0.717) is 34.7 Å². The molecule has 0 aliphatic carbocycles. The van der Waals surface area contributed by atoms with Gasteiger partial charge in [0.2, 0.25) is 0 Å². The molecule has 33 heavy (non-hydrogen) atoms. The van der Waals surface area contributed by atoms with Gasteiger partial charge < -0.3 is 14.2 Å². The van der Waals surface area contributed by atoms with Crippen LogP contribution in [0.2, 0.25) is 0 Å². The molecule has 0 saturated heterocycles. The molecule has 1 aromatic heterocycles. The third-order valence-electron chi connectivity index (χ3n) is 5.16. The molecule has 0 radical (unpaired) electrons. The highest BCUT2D eigenvalue weighted by atomic mass is 16.5. The van der Waals surface area contributed by atoms with E-state index in [1.165, 1.54) is 0 Å². The number of carbonyl (C=O) groups excluding carboxylic acids is 1. The first-order chi connectivity index (χ1) is 15.9. The van der Waals surface area contributed by atoms with Crippen LogP contribution in [0.4, 0.5) is 0 Å². The summed E-state index contributed by atoms with van der Waals surface area (Å²) >= 11 is 0. The number of nitriles is 1. The average molecular weight is 445 g/mol. The lowest BCUT2D eigenvalue weighted by Crippen LogP contribution is -2.24. The van der Waals surface area contributed by atoms with E-state index >= 15 is 0 Å². The number of benzene rings is 2. The van der Waals surface area contributed by atoms with Crippen LogP contribution < -0.4 is 9.47 Å². The quantitative estimate of drug-likeness (QED) is 0.408. The fraction of sp³-hybridized carbons (Fsp3) is 0.296. The fourth-order valence-electron chi connectivity index (χ4n) is 3.59. The zero-order valence-corrected chi connectivity index (χ0v) is 19.4. The number of hydrogen-bond donors (Lipinski definition) is 0. The van der Waals surface area contributed by atoms with E-state index in [0.717, 1.165) is 17.7 Å². The van der Waals surface area contributed by atoms with E-state index in [2.05, 4.69) is 24.9 Å². The van der Waals surface area contributed by atoms with Gasteiger partial charge in [-0.2, -0.15) is 5.26 Å². The monoisotopic (exact) mass is 444 g/mol. The van der Waals surface area contributed by atoms with Crippen molar-refractivity contribution in [3.63, 3.8) is 0 Å². The lowest BCUT2D eigenvalue weighted by atomic mass is 9.86. The number of ether oxygens (including phenoxy) is 3. The van der Waals surface area contributed by atoms with Crippen LogP contribution in [-0.4, -0.2) is 31.3 Å². The van der Waals surface area contributed by atoms with Crippen molar-refractivity contribution in [1.82, 2.24) is 4.98 Å². The Hall–Kier alpha value is -3.85. The van der Waals surface area contributed by atoms with Crippen molar-refractivity contribution in [2.75, 3.05) is 20.3 Å². The molecular formula is C27H28N2O4. The number of methoxy groups -OCH3 is 1. The van der Waals surface area contributed by atoms with Crippen LogP contribution in [0.1, 0.15) is 42.3 Å². The van der Waals surface area contributed by atoms with Crippen LogP contribution in [0, 0.1) is 16.7 Å². The van der Waals surface area contributed by atoms with Crippen molar-refractivity contribution in [3.05, 3.63) is 77.5 Å². The topological polar surface area (TPSA) is 81.4 Å². The molecule has 0 aliphatic rings. The van der Waals surface area contributed by atoms with Crippen LogP contribution in [0.15, 0.2) is 60.8 Å². The van der Waals surface area contributed by atoms with Gasteiger partial charge in [0.1, 0.15) is 17.6 Å². The lowest BCUT2D eigenvalue weighted by Gasteiger charge is -2.26. The van der Waals surface area contributed by atoms with Crippen molar-refractivity contribution < 1.29 is 19.0 Å². The van der Waals surface area contributed by atoms with Crippen LogP contribution >= 0.6 is 0 Å². The summed E-state index contributed by atoms with van der Waals surface area (Å²) < 4.78 is 16.7. The summed E-state index contributed by atoms with van der Waals surface area (Å²) in [5.41, 5.74) is 2.76. The van der Waals surface area contributed by atoms with Crippen molar-refractivity contribution >= 4 is 5.97 Å². The minimum absolute atomic E-state index is 0.196. The number of carbonyl (C=O) groups is 1. The Bertz CT molecular complexity index is 1160. The van der Waals surface area contributed by atoms with Gasteiger partial charge in [0.05, 0.1) is 37.1 Å². The minimum atomic E-state index is -0.447. The molecule has 0 bridgehead atoms. The van der Waals surface area contributed by atoms with E-state index < -0.39 is 5.97 Å². The highest BCUT2D eigenvalue weighted by Crippen LogP contribution is 2.31. The highest BCUT2D eigenvalue weighted by molar-refractivity contribution is 5.96. The zero-order chi connectivity index (χ0) is 23.8. The summed E-state index contributed by atoms with van der Waals surface area (Å²) in [5.74, 6) is 0.890. The van der Waals surface area contributed by atoms with Gasteiger partial charge in [-0.25, -0.2) is 4.79 Å². The van der Waals surface area contributed by atoms with Gasteiger partial charge in [-0.05, 0) is 55.3 Å². The van der Waals surface area contributed by atoms with E-state index in [1.807, 2.05) is 24.3 Å². The van der Waals surface area contributed by atoms with Gasteiger partial charge in [-0.15, -0.1) is 0 Å². The number of hydrogen-bond acceptors (Lipinski definition) is 6. The molecular weight excluding hydrogens is 416 g/mol. The molecule has 1 heterocycles. The standard InChI is InChI=1S/C27H28N2O4/c1-5-32-26(30)22-10-8-14-29-25(22)19-12-13-24(21(15-19)17-28)33-18-27(2,3)16-20-9-6-7-11-23(20)31-4/h6-15H,5,16,18H2,1-4H3. The van der Waals surface area contributed by atoms with Crippen LogP contribution in [0.5, 0.6) is 11.5 Å². The number of esters is 1. The van der Waals surface area contributed by atoms with Gasteiger partial charge in [0.15, 0.2) is 0 Å². The van der Waals surface area contributed by atoms with Gasteiger partial charge >= 0.3 is 5.97 Å². The van der Waals surface area contributed by atoms with Gasteiger partial charge in [-0.3, -0.25) is 4.98 Å². The summed E-state index contributed by atoms with van der Waals surface area (Å²) in [6.45, 7) is 6.66. The molecule has 0 aliphatic heterocycles. The third-order valence-corrected chi connectivity index (χ3v) is 5.16. The Morgan fingerprint density at radius 3 is 2.61 bits per heavy atom. The molecule has 0 saturated carbocycles. The molecule has 3 aromatic rings. The van der Waals surface area contributed by atoms with Crippen molar-refractivity contribution in [2.45, 2.75) is 27.2 Å². The second kappa shape index (κ2) is 10.6. The van der Waals surface area contributed by atoms with E-state index in [4.69, 9.17) is 14.2 Å². The highest BCUT2D eigenvalue weighted by Gasteiger charge is 2.23. The maximum atomic E-state index is 12.3. The molecule has 170 valence electrons. The second-order valence-electron chi connectivity index (χ2n) is 8.38. The van der Waals surface area contributed by atoms with Gasteiger partial charge in [0, 0.05) is 17.2 Å². The van der Waals surface area contributed by atoms with Crippen LogP contribution in [0.25, 0.3) is 11.3 Å². The summed E-state index contributed by atoms with van der Waals surface area (Å²) in [6.07, 6.45) is 2.36. The Morgan fingerprint density at radius 1 is 1.09 bits per heavy atom. The molecule has 6 nitrogen and oxygen atoms in total. The zero-order valence-electron chi connectivity index (χ0n) is 19.4. The molecule has 0 unspecified atom stereocenters. The molecule has 0 spiro atoms. The summed E-state index contributed by atoms with van der Waals surface area (Å²) in [5, 5.41) is 9.73. The molecule has 0 N–H and O–H groups in total. The molecule has 3 rings (SSSR count). The van der Waals surface area contributed by atoms with Gasteiger partial charge in [0.25, 0.3) is 0 Å². The van der Waals surface area contributed by atoms with Gasteiger partial charge in [-0.1, -0.05) is 32.0 Å². The first-order valence-corrected chi connectivity index (χ1v) is 10.8. The maximum absolute atomic E-state index is 12.3. The molecule has 2 aromatic carbocycles. The summed E-state index contributed by atoms with van der Waals surface area (Å²) in [6, 6.07) is 18.7. The maximum Gasteiger partial charge on any atom is 0.340 e. The molecule has 6 heteroatoms. The smallest absolute Gasteiger partial charge is 0.340 e. The lowest BCUT2D eigenvalue weighted by molar-refractivity contribution is 0.0527.